The first-order chi connectivity index (χ1) is 8.81. The van der Waals surface area contributed by atoms with Crippen molar-refractivity contribution in [1.29, 1.82) is 0 Å². The summed E-state index contributed by atoms with van der Waals surface area (Å²) in [4.78, 5) is 0. The first kappa shape index (κ1) is 11.8. The van der Waals surface area contributed by atoms with Crippen LogP contribution in [0, 0.1) is 0 Å². The number of furan rings is 1. The van der Waals surface area contributed by atoms with Crippen molar-refractivity contribution in [1.82, 2.24) is 10.6 Å². The van der Waals surface area contributed by atoms with Crippen molar-refractivity contribution < 1.29 is 4.42 Å². The van der Waals surface area contributed by atoms with Gasteiger partial charge in [0.1, 0.15) is 11.3 Å². The minimum atomic E-state index is 0.471. The lowest BCUT2D eigenvalue weighted by atomic mass is 10.2. The molecule has 96 valence electrons. The van der Waals surface area contributed by atoms with Crippen molar-refractivity contribution in [3.63, 3.8) is 0 Å². The second kappa shape index (κ2) is 5.12. The Balaban J connectivity index is 1.51. The van der Waals surface area contributed by atoms with Gasteiger partial charge in [-0.05, 0) is 31.9 Å². The number of benzene rings is 1. The van der Waals surface area contributed by atoms with Crippen molar-refractivity contribution in [3.05, 3.63) is 36.1 Å². The molecule has 3 nitrogen and oxygen atoms in total. The summed E-state index contributed by atoms with van der Waals surface area (Å²) in [7, 11) is 0. The first-order valence-electron chi connectivity index (χ1n) is 6.75. The highest BCUT2D eigenvalue weighted by atomic mass is 16.3. The molecule has 0 radical (unpaired) electrons. The van der Waals surface area contributed by atoms with Gasteiger partial charge in [-0.3, -0.25) is 0 Å². The molecule has 0 bridgehead atoms. The topological polar surface area (TPSA) is 37.2 Å². The van der Waals surface area contributed by atoms with Crippen molar-refractivity contribution in [2.24, 2.45) is 0 Å². The minimum absolute atomic E-state index is 0.471. The number of nitrogens with one attached hydrogen (secondary N) is 2. The van der Waals surface area contributed by atoms with Gasteiger partial charge in [-0.15, -0.1) is 0 Å². The summed E-state index contributed by atoms with van der Waals surface area (Å²) in [6.45, 7) is 4.03. The van der Waals surface area contributed by atoms with Gasteiger partial charge in [0.25, 0.3) is 0 Å². The fraction of sp³-hybridized carbons (Fsp3) is 0.467. The van der Waals surface area contributed by atoms with Crippen LogP contribution in [0.15, 0.2) is 34.7 Å². The van der Waals surface area contributed by atoms with Crippen molar-refractivity contribution in [2.45, 2.75) is 38.4 Å². The number of hydrogen-bond donors (Lipinski definition) is 2. The van der Waals surface area contributed by atoms with E-state index in [1.165, 1.54) is 18.2 Å². The molecule has 0 amide bonds. The zero-order valence-corrected chi connectivity index (χ0v) is 10.8. The van der Waals surface area contributed by atoms with Crippen LogP contribution < -0.4 is 10.6 Å². The Kier molecular flexibility index (Phi) is 3.35. The maximum Gasteiger partial charge on any atom is 0.134 e. The summed E-state index contributed by atoms with van der Waals surface area (Å²) >= 11 is 0. The predicted molar refractivity (Wildman–Crippen MR) is 73.5 cm³/mol. The SMILES string of the molecule is CC(CNC1CC1)NCc1cc2ccccc2o1. The molecule has 18 heavy (non-hydrogen) atoms. The largest absolute Gasteiger partial charge is 0.460 e. The first-order valence-corrected chi connectivity index (χ1v) is 6.75. The number of fused-ring (bicyclic) bond motifs is 1. The highest BCUT2D eigenvalue weighted by Gasteiger charge is 2.20. The van der Waals surface area contributed by atoms with E-state index in [1.54, 1.807) is 0 Å². The van der Waals surface area contributed by atoms with E-state index >= 15 is 0 Å². The molecule has 1 aromatic carbocycles. The van der Waals surface area contributed by atoms with Crippen LogP contribution in [0.1, 0.15) is 25.5 Å². The summed E-state index contributed by atoms with van der Waals surface area (Å²) in [5.41, 5.74) is 0.970. The van der Waals surface area contributed by atoms with Crippen LogP contribution in [0.4, 0.5) is 0 Å². The van der Waals surface area contributed by atoms with E-state index in [2.05, 4.69) is 29.7 Å². The second-order valence-corrected chi connectivity index (χ2v) is 5.22. The maximum atomic E-state index is 5.77. The summed E-state index contributed by atoms with van der Waals surface area (Å²) < 4.78 is 5.77. The molecular formula is C15H20N2O. The quantitative estimate of drug-likeness (QED) is 0.820. The summed E-state index contributed by atoms with van der Waals surface area (Å²) in [6, 6.07) is 11.5. The Hall–Kier alpha value is -1.32. The highest BCUT2D eigenvalue weighted by Crippen LogP contribution is 2.19. The van der Waals surface area contributed by atoms with Crippen LogP contribution in [0.5, 0.6) is 0 Å². The molecule has 1 saturated carbocycles. The van der Waals surface area contributed by atoms with Crippen LogP contribution in [-0.2, 0) is 6.54 Å². The van der Waals surface area contributed by atoms with Gasteiger partial charge in [0.2, 0.25) is 0 Å². The molecule has 0 saturated heterocycles. The van der Waals surface area contributed by atoms with Gasteiger partial charge in [0.15, 0.2) is 0 Å². The smallest absolute Gasteiger partial charge is 0.134 e. The van der Waals surface area contributed by atoms with E-state index in [9.17, 15) is 0 Å². The molecule has 1 atom stereocenters. The van der Waals surface area contributed by atoms with Gasteiger partial charge in [-0.25, -0.2) is 0 Å². The van der Waals surface area contributed by atoms with Gasteiger partial charge in [-0.2, -0.15) is 0 Å². The fourth-order valence-corrected chi connectivity index (χ4v) is 2.10. The van der Waals surface area contributed by atoms with Gasteiger partial charge < -0.3 is 15.1 Å². The standard InChI is InChI=1S/C15H20N2O/c1-11(9-17-13-6-7-13)16-10-14-8-12-4-2-3-5-15(12)18-14/h2-5,8,11,13,16-17H,6-7,9-10H2,1H3. The van der Waals surface area contributed by atoms with E-state index in [1.807, 2.05) is 18.2 Å². The van der Waals surface area contributed by atoms with Crippen molar-refractivity contribution in [2.75, 3.05) is 6.54 Å². The maximum absolute atomic E-state index is 5.77. The Labute approximate surface area is 108 Å². The number of hydrogen-bond acceptors (Lipinski definition) is 3. The van der Waals surface area contributed by atoms with E-state index in [4.69, 9.17) is 4.42 Å². The third kappa shape index (κ3) is 2.92. The molecule has 2 aromatic rings. The lowest BCUT2D eigenvalue weighted by Crippen LogP contribution is -2.36. The molecule has 1 fully saturated rings. The van der Waals surface area contributed by atoms with E-state index in [-0.39, 0.29) is 0 Å². The molecular weight excluding hydrogens is 224 g/mol. The monoisotopic (exact) mass is 244 g/mol. The lowest BCUT2D eigenvalue weighted by Gasteiger charge is -2.13. The Morgan fingerprint density at radius 3 is 2.94 bits per heavy atom. The van der Waals surface area contributed by atoms with Crippen LogP contribution in [0.3, 0.4) is 0 Å². The molecule has 2 N–H and O–H groups in total. The summed E-state index contributed by atoms with van der Waals surface area (Å²) in [6.07, 6.45) is 2.69. The molecule has 1 unspecified atom stereocenters. The third-order valence-corrected chi connectivity index (χ3v) is 3.39. The Morgan fingerprint density at radius 2 is 2.17 bits per heavy atom. The summed E-state index contributed by atoms with van der Waals surface area (Å²) in [5.74, 6) is 1.01. The zero-order valence-electron chi connectivity index (χ0n) is 10.8. The number of para-hydroxylation sites is 1. The zero-order chi connectivity index (χ0) is 12.4. The minimum Gasteiger partial charge on any atom is -0.460 e. The molecule has 1 aliphatic rings. The van der Waals surface area contributed by atoms with E-state index in [0.29, 0.717) is 6.04 Å². The normalized spacial score (nSPS) is 17.2. The molecule has 3 heteroatoms. The van der Waals surface area contributed by atoms with E-state index < -0.39 is 0 Å². The van der Waals surface area contributed by atoms with Gasteiger partial charge in [0, 0.05) is 24.0 Å². The second-order valence-electron chi connectivity index (χ2n) is 5.22. The van der Waals surface area contributed by atoms with Crippen molar-refractivity contribution >= 4 is 11.0 Å². The summed E-state index contributed by atoms with van der Waals surface area (Å²) in [5, 5.41) is 8.19. The third-order valence-electron chi connectivity index (χ3n) is 3.39. The van der Waals surface area contributed by atoms with Crippen LogP contribution in [0.25, 0.3) is 11.0 Å². The molecule has 0 spiro atoms. The molecule has 1 heterocycles. The van der Waals surface area contributed by atoms with Gasteiger partial charge in [-0.1, -0.05) is 18.2 Å². The molecule has 1 aliphatic carbocycles. The Bertz CT molecular complexity index is 483. The van der Waals surface area contributed by atoms with E-state index in [0.717, 1.165) is 30.5 Å². The fourth-order valence-electron chi connectivity index (χ4n) is 2.10. The van der Waals surface area contributed by atoms with Crippen LogP contribution >= 0.6 is 0 Å². The van der Waals surface area contributed by atoms with Crippen LogP contribution in [-0.4, -0.2) is 18.6 Å². The predicted octanol–water partition coefficient (Wildman–Crippen LogP) is 2.66. The van der Waals surface area contributed by atoms with Gasteiger partial charge in [0.05, 0.1) is 6.54 Å². The Morgan fingerprint density at radius 1 is 1.33 bits per heavy atom. The average Bonchev–Trinajstić information content (AvgIpc) is 3.11. The number of rotatable bonds is 6. The van der Waals surface area contributed by atoms with Crippen LogP contribution in [0.2, 0.25) is 0 Å². The highest BCUT2D eigenvalue weighted by molar-refractivity contribution is 5.77. The molecule has 0 aliphatic heterocycles. The molecule has 3 rings (SSSR count). The van der Waals surface area contributed by atoms with Crippen molar-refractivity contribution in [3.8, 4) is 0 Å². The van der Waals surface area contributed by atoms with Gasteiger partial charge >= 0.3 is 0 Å². The average molecular weight is 244 g/mol. The molecule has 1 aromatic heterocycles. The lowest BCUT2D eigenvalue weighted by molar-refractivity contribution is 0.455.